The Morgan fingerprint density at radius 1 is 0.971 bits per heavy atom. The lowest BCUT2D eigenvalue weighted by Crippen LogP contribution is -2.62. The van der Waals surface area contributed by atoms with Crippen molar-refractivity contribution in [3.05, 3.63) is 64.7 Å². The number of hydrogen-bond acceptors (Lipinski definition) is 3. The Labute approximate surface area is 205 Å². The predicted octanol–water partition coefficient (Wildman–Crippen LogP) is 5.85. The van der Waals surface area contributed by atoms with Crippen molar-refractivity contribution in [1.82, 2.24) is 0 Å². The summed E-state index contributed by atoms with van der Waals surface area (Å²) in [5.74, 6) is -0.197. The van der Waals surface area contributed by atoms with Crippen LogP contribution < -0.4 is 5.32 Å². The molecule has 3 rings (SSSR count). The monoisotopic (exact) mass is 465 g/mol. The highest BCUT2D eigenvalue weighted by molar-refractivity contribution is 5.95. The van der Waals surface area contributed by atoms with E-state index in [0.717, 1.165) is 74.0 Å². The standard InChI is InChI=1S/C29H40N2O3/c1-5-13-26(29(33)30-28-23(3)18-22(2)19-24(28)4)31(16-11-6-7-12-17-31)20-27(32)34-21-25-14-9-8-10-15-25/h8-10,14-15,18-19,26H,5-7,11-13,16-17,20-21H2,1-4H3/p+1. The molecule has 1 fully saturated rings. The molecule has 5 nitrogen and oxygen atoms in total. The number of nitrogens with one attached hydrogen (secondary N) is 1. The van der Waals surface area contributed by atoms with Gasteiger partial charge < -0.3 is 14.5 Å². The first kappa shape index (κ1) is 26.0. The lowest BCUT2D eigenvalue weighted by atomic mass is 10.0. The summed E-state index contributed by atoms with van der Waals surface area (Å²) in [5, 5.41) is 3.26. The molecule has 0 aromatic heterocycles. The number of carbonyl (C=O) groups excluding carboxylic acids is 2. The molecule has 1 aliphatic heterocycles. The third-order valence-electron chi connectivity index (χ3n) is 7.09. The third-order valence-corrected chi connectivity index (χ3v) is 7.09. The van der Waals surface area contributed by atoms with Gasteiger partial charge in [0.25, 0.3) is 5.91 Å². The van der Waals surface area contributed by atoms with Crippen molar-refractivity contribution >= 4 is 17.6 Å². The highest BCUT2D eigenvalue weighted by Gasteiger charge is 2.43. The molecule has 1 amide bonds. The summed E-state index contributed by atoms with van der Waals surface area (Å²) < 4.78 is 6.19. The fraction of sp³-hybridized carbons (Fsp3) is 0.517. The fourth-order valence-electron chi connectivity index (χ4n) is 5.45. The minimum absolute atomic E-state index is 0.0228. The van der Waals surface area contributed by atoms with Crippen molar-refractivity contribution < 1.29 is 18.8 Å². The molecule has 1 aliphatic rings. The van der Waals surface area contributed by atoms with Gasteiger partial charge in [-0.15, -0.1) is 0 Å². The Kier molecular flexibility index (Phi) is 9.28. The maximum absolute atomic E-state index is 13.8. The largest absolute Gasteiger partial charge is 0.457 e. The molecule has 1 N–H and O–H groups in total. The first-order valence-electron chi connectivity index (χ1n) is 12.8. The zero-order chi connectivity index (χ0) is 24.6. The van der Waals surface area contributed by atoms with Gasteiger partial charge in [0.15, 0.2) is 12.6 Å². The van der Waals surface area contributed by atoms with Crippen LogP contribution in [0.1, 0.15) is 67.7 Å². The van der Waals surface area contributed by atoms with Crippen molar-refractivity contribution in [2.75, 3.05) is 25.0 Å². The number of hydrogen-bond donors (Lipinski definition) is 1. The zero-order valence-electron chi connectivity index (χ0n) is 21.4. The topological polar surface area (TPSA) is 55.4 Å². The summed E-state index contributed by atoms with van der Waals surface area (Å²) in [6.45, 7) is 10.5. The molecule has 184 valence electrons. The van der Waals surface area contributed by atoms with Gasteiger partial charge in [-0.1, -0.05) is 55.0 Å². The number of nitrogens with zero attached hydrogens (tertiary/aromatic N) is 1. The van der Waals surface area contributed by atoms with E-state index < -0.39 is 0 Å². The number of carbonyl (C=O) groups is 2. The van der Waals surface area contributed by atoms with E-state index in [1.807, 2.05) is 44.2 Å². The average molecular weight is 466 g/mol. The third kappa shape index (κ3) is 6.69. The Hall–Kier alpha value is -2.66. The molecule has 0 spiro atoms. The van der Waals surface area contributed by atoms with E-state index in [4.69, 9.17) is 4.74 Å². The predicted molar refractivity (Wildman–Crippen MR) is 138 cm³/mol. The summed E-state index contributed by atoms with van der Waals surface area (Å²) in [5.41, 5.74) is 5.22. The SMILES string of the molecule is CCCC(C(=O)Nc1c(C)cc(C)cc1C)[N+]1(CC(=O)OCc2ccccc2)CCCCCC1. The number of anilines is 1. The molecule has 1 saturated heterocycles. The number of esters is 1. The van der Waals surface area contributed by atoms with Crippen LogP contribution in [0, 0.1) is 20.8 Å². The van der Waals surface area contributed by atoms with Gasteiger partial charge in [-0.05, 0) is 69.6 Å². The normalized spacial score (nSPS) is 16.4. The van der Waals surface area contributed by atoms with Crippen LogP contribution in [-0.2, 0) is 20.9 Å². The summed E-state index contributed by atoms with van der Waals surface area (Å²) in [7, 11) is 0. The summed E-state index contributed by atoms with van der Waals surface area (Å²) in [6, 6.07) is 13.7. The van der Waals surface area contributed by atoms with Crippen molar-refractivity contribution in [3.8, 4) is 0 Å². The molecule has 34 heavy (non-hydrogen) atoms. The van der Waals surface area contributed by atoms with Crippen LogP contribution in [0.5, 0.6) is 0 Å². The second-order valence-electron chi connectivity index (χ2n) is 9.95. The molecule has 0 radical (unpaired) electrons. The van der Waals surface area contributed by atoms with Crippen LogP contribution >= 0.6 is 0 Å². The van der Waals surface area contributed by atoms with Gasteiger partial charge in [-0.3, -0.25) is 4.79 Å². The molecular weight excluding hydrogens is 424 g/mol. The van der Waals surface area contributed by atoms with Crippen molar-refractivity contribution in [2.24, 2.45) is 0 Å². The van der Waals surface area contributed by atoms with E-state index in [1.54, 1.807) is 0 Å². The van der Waals surface area contributed by atoms with E-state index in [-0.39, 0.29) is 31.1 Å². The molecule has 1 heterocycles. The molecule has 0 bridgehead atoms. The van der Waals surface area contributed by atoms with Crippen LogP contribution in [0.25, 0.3) is 0 Å². The van der Waals surface area contributed by atoms with Crippen LogP contribution in [0.15, 0.2) is 42.5 Å². The van der Waals surface area contributed by atoms with Gasteiger partial charge in [-0.25, -0.2) is 4.79 Å². The van der Waals surface area contributed by atoms with E-state index in [0.29, 0.717) is 4.48 Å². The smallest absolute Gasteiger partial charge is 0.362 e. The molecule has 2 aromatic rings. The number of benzene rings is 2. The van der Waals surface area contributed by atoms with Crippen molar-refractivity contribution in [3.63, 3.8) is 0 Å². The number of rotatable bonds is 9. The quantitative estimate of drug-likeness (QED) is 0.373. The summed E-state index contributed by atoms with van der Waals surface area (Å²) in [4.78, 5) is 26.9. The first-order chi connectivity index (χ1) is 16.3. The van der Waals surface area contributed by atoms with Crippen LogP contribution in [0.3, 0.4) is 0 Å². The molecule has 1 unspecified atom stereocenters. The molecule has 2 aromatic carbocycles. The van der Waals surface area contributed by atoms with Gasteiger partial charge in [-0.2, -0.15) is 0 Å². The maximum atomic E-state index is 13.8. The number of ether oxygens (including phenoxy) is 1. The molecule has 0 aliphatic carbocycles. The van der Waals surface area contributed by atoms with Crippen LogP contribution in [-0.4, -0.2) is 42.0 Å². The van der Waals surface area contributed by atoms with Crippen LogP contribution in [0.2, 0.25) is 0 Å². The van der Waals surface area contributed by atoms with Crippen molar-refractivity contribution in [1.29, 1.82) is 0 Å². The van der Waals surface area contributed by atoms with E-state index >= 15 is 0 Å². The van der Waals surface area contributed by atoms with E-state index in [9.17, 15) is 9.59 Å². The van der Waals surface area contributed by atoms with Crippen LogP contribution in [0.4, 0.5) is 5.69 Å². The van der Waals surface area contributed by atoms with Gasteiger partial charge >= 0.3 is 5.97 Å². The number of quaternary nitrogens is 1. The molecular formula is C29H41N2O3+. The lowest BCUT2D eigenvalue weighted by Gasteiger charge is -2.42. The Balaban J connectivity index is 1.83. The average Bonchev–Trinajstić information content (AvgIpc) is 3.05. The lowest BCUT2D eigenvalue weighted by molar-refractivity contribution is -0.935. The van der Waals surface area contributed by atoms with E-state index in [1.165, 1.54) is 5.56 Å². The van der Waals surface area contributed by atoms with Crippen molar-refractivity contribution in [2.45, 2.75) is 78.9 Å². The Morgan fingerprint density at radius 3 is 2.18 bits per heavy atom. The Bertz CT molecular complexity index is 940. The second kappa shape index (κ2) is 12.2. The highest BCUT2D eigenvalue weighted by atomic mass is 16.5. The summed E-state index contributed by atoms with van der Waals surface area (Å²) in [6.07, 6.45) is 6.00. The van der Waals surface area contributed by atoms with Gasteiger partial charge in [0.2, 0.25) is 0 Å². The number of aryl methyl sites for hydroxylation is 3. The van der Waals surface area contributed by atoms with Gasteiger partial charge in [0, 0.05) is 12.1 Å². The Morgan fingerprint density at radius 2 is 1.59 bits per heavy atom. The molecule has 5 heteroatoms. The molecule has 1 atom stereocenters. The minimum Gasteiger partial charge on any atom is -0.457 e. The second-order valence-corrected chi connectivity index (χ2v) is 9.95. The highest BCUT2D eigenvalue weighted by Crippen LogP contribution is 2.28. The van der Waals surface area contributed by atoms with E-state index in [2.05, 4.69) is 31.3 Å². The fourth-order valence-corrected chi connectivity index (χ4v) is 5.45. The minimum atomic E-state index is -0.271. The van der Waals surface area contributed by atoms with Gasteiger partial charge in [0.1, 0.15) is 6.61 Å². The molecule has 0 saturated carbocycles. The van der Waals surface area contributed by atoms with Gasteiger partial charge in [0.05, 0.1) is 13.1 Å². The maximum Gasteiger partial charge on any atom is 0.362 e. The number of likely N-dealkylation sites (tertiary alicyclic amines) is 1. The first-order valence-corrected chi connectivity index (χ1v) is 12.8. The summed E-state index contributed by atoms with van der Waals surface area (Å²) >= 11 is 0. The number of amides is 1. The zero-order valence-corrected chi connectivity index (χ0v) is 21.4.